The lowest BCUT2D eigenvalue weighted by Crippen LogP contribution is -2.22. The van der Waals surface area contributed by atoms with Gasteiger partial charge < -0.3 is 14.5 Å². The number of methoxy groups -OCH3 is 1. The maximum Gasteiger partial charge on any atom is 0.119 e. The first-order chi connectivity index (χ1) is 8.76. The highest BCUT2D eigenvalue weighted by atomic mass is 16.5. The molecule has 0 bridgehead atoms. The van der Waals surface area contributed by atoms with E-state index in [0.29, 0.717) is 0 Å². The molecule has 18 heavy (non-hydrogen) atoms. The highest BCUT2D eigenvalue weighted by molar-refractivity contribution is 5.37. The van der Waals surface area contributed by atoms with E-state index >= 15 is 0 Å². The Morgan fingerprint density at radius 2 is 2.17 bits per heavy atom. The Balaban J connectivity index is 2.38. The van der Waals surface area contributed by atoms with Gasteiger partial charge in [-0.25, -0.2) is 0 Å². The molecule has 3 nitrogen and oxygen atoms in total. The molecule has 0 spiro atoms. The summed E-state index contributed by atoms with van der Waals surface area (Å²) < 4.78 is 10.7. The maximum absolute atomic E-state index is 5.40. The van der Waals surface area contributed by atoms with Crippen LogP contribution in [0.5, 0.6) is 5.75 Å². The molecule has 1 atom stereocenters. The van der Waals surface area contributed by atoms with Crippen LogP contribution in [0.1, 0.15) is 29.9 Å². The molecule has 2 aromatic rings. The van der Waals surface area contributed by atoms with Crippen molar-refractivity contribution in [3.63, 3.8) is 0 Å². The minimum absolute atomic E-state index is 0.142. The molecule has 1 aromatic carbocycles. The van der Waals surface area contributed by atoms with Gasteiger partial charge >= 0.3 is 0 Å². The summed E-state index contributed by atoms with van der Waals surface area (Å²) in [4.78, 5) is 0. The summed E-state index contributed by atoms with van der Waals surface area (Å²) in [5, 5.41) is 3.48. The van der Waals surface area contributed by atoms with Crippen molar-refractivity contribution in [3.8, 4) is 5.75 Å². The Morgan fingerprint density at radius 3 is 2.78 bits per heavy atom. The van der Waals surface area contributed by atoms with Crippen molar-refractivity contribution in [3.05, 3.63) is 53.5 Å². The molecule has 0 fully saturated rings. The van der Waals surface area contributed by atoms with E-state index in [1.807, 2.05) is 25.1 Å². The summed E-state index contributed by atoms with van der Waals surface area (Å²) in [6, 6.07) is 10.3. The second kappa shape index (κ2) is 5.74. The fourth-order valence-electron chi connectivity index (χ4n) is 2.13. The fraction of sp³-hybridized carbons (Fsp3) is 0.333. The van der Waals surface area contributed by atoms with Crippen LogP contribution >= 0.6 is 0 Å². The Kier molecular flexibility index (Phi) is 4.05. The maximum atomic E-state index is 5.40. The van der Waals surface area contributed by atoms with Crippen molar-refractivity contribution >= 4 is 0 Å². The van der Waals surface area contributed by atoms with Crippen molar-refractivity contribution in [2.24, 2.45) is 0 Å². The topological polar surface area (TPSA) is 34.4 Å². The Morgan fingerprint density at radius 1 is 1.33 bits per heavy atom. The molecule has 0 aliphatic heterocycles. The molecule has 1 unspecified atom stereocenters. The molecule has 0 saturated heterocycles. The van der Waals surface area contributed by atoms with Gasteiger partial charge in [-0.3, -0.25) is 0 Å². The van der Waals surface area contributed by atoms with Crippen LogP contribution in [0, 0.1) is 6.92 Å². The van der Waals surface area contributed by atoms with E-state index in [4.69, 9.17) is 9.15 Å². The third kappa shape index (κ3) is 2.57. The van der Waals surface area contributed by atoms with Crippen LogP contribution in [-0.2, 0) is 0 Å². The molecular weight excluding hydrogens is 226 g/mol. The van der Waals surface area contributed by atoms with Gasteiger partial charge in [-0.1, -0.05) is 19.1 Å². The first kappa shape index (κ1) is 12.7. The highest BCUT2D eigenvalue weighted by Gasteiger charge is 2.17. The van der Waals surface area contributed by atoms with Gasteiger partial charge in [-0.05, 0) is 37.2 Å². The number of nitrogens with one attached hydrogen (secondary N) is 1. The molecule has 96 valence electrons. The lowest BCUT2D eigenvalue weighted by atomic mass is 9.99. The minimum Gasteiger partial charge on any atom is -0.497 e. The molecule has 0 aliphatic carbocycles. The van der Waals surface area contributed by atoms with Gasteiger partial charge in [-0.15, -0.1) is 0 Å². The third-order valence-corrected chi connectivity index (χ3v) is 3.05. The number of hydrogen-bond acceptors (Lipinski definition) is 3. The molecule has 0 aliphatic rings. The Labute approximate surface area is 108 Å². The molecule has 0 radical (unpaired) electrons. The smallest absolute Gasteiger partial charge is 0.119 e. The zero-order chi connectivity index (χ0) is 13.0. The van der Waals surface area contributed by atoms with Crippen molar-refractivity contribution in [2.75, 3.05) is 13.7 Å². The predicted molar refractivity (Wildman–Crippen MR) is 72.0 cm³/mol. The number of rotatable bonds is 5. The average molecular weight is 245 g/mol. The molecule has 1 N–H and O–H groups in total. The van der Waals surface area contributed by atoms with Gasteiger partial charge in [0.1, 0.15) is 11.5 Å². The third-order valence-electron chi connectivity index (χ3n) is 3.05. The largest absolute Gasteiger partial charge is 0.497 e. The van der Waals surface area contributed by atoms with Gasteiger partial charge in [0.05, 0.1) is 19.4 Å². The van der Waals surface area contributed by atoms with Crippen LogP contribution in [0.2, 0.25) is 0 Å². The van der Waals surface area contributed by atoms with Gasteiger partial charge in [0, 0.05) is 5.56 Å². The second-order valence-electron chi connectivity index (χ2n) is 4.20. The van der Waals surface area contributed by atoms with E-state index in [9.17, 15) is 0 Å². The van der Waals surface area contributed by atoms with Crippen LogP contribution in [0.3, 0.4) is 0 Å². The molecule has 1 aromatic heterocycles. The van der Waals surface area contributed by atoms with Crippen LogP contribution in [0.25, 0.3) is 0 Å². The first-order valence-corrected chi connectivity index (χ1v) is 6.17. The summed E-state index contributed by atoms with van der Waals surface area (Å²) >= 11 is 0. The number of aryl methyl sites for hydroxylation is 1. The first-order valence-electron chi connectivity index (χ1n) is 6.17. The lowest BCUT2D eigenvalue weighted by Gasteiger charge is -2.18. The summed E-state index contributed by atoms with van der Waals surface area (Å²) in [6.07, 6.45) is 1.73. The monoisotopic (exact) mass is 245 g/mol. The SMILES string of the molecule is CCNC(c1cccc(OC)c1)c1ccoc1C. The quantitative estimate of drug-likeness (QED) is 0.877. The molecular formula is C15H19NO2. The molecule has 3 heteroatoms. The normalized spacial score (nSPS) is 12.4. The number of furan rings is 1. The predicted octanol–water partition coefficient (Wildman–Crippen LogP) is 3.30. The summed E-state index contributed by atoms with van der Waals surface area (Å²) in [7, 11) is 1.68. The van der Waals surface area contributed by atoms with Gasteiger partial charge in [0.15, 0.2) is 0 Å². The average Bonchev–Trinajstić information content (AvgIpc) is 2.82. The highest BCUT2D eigenvalue weighted by Crippen LogP contribution is 2.27. The van der Waals surface area contributed by atoms with E-state index < -0.39 is 0 Å². The summed E-state index contributed by atoms with van der Waals surface area (Å²) in [5.41, 5.74) is 2.35. The van der Waals surface area contributed by atoms with Crippen LogP contribution in [0.4, 0.5) is 0 Å². The van der Waals surface area contributed by atoms with E-state index in [2.05, 4.69) is 24.4 Å². The van der Waals surface area contributed by atoms with Gasteiger partial charge in [0.25, 0.3) is 0 Å². The van der Waals surface area contributed by atoms with Crippen LogP contribution in [0.15, 0.2) is 41.0 Å². The zero-order valence-electron chi connectivity index (χ0n) is 11.1. The minimum atomic E-state index is 0.142. The van der Waals surface area contributed by atoms with Crippen molar-refractivity contribution in [1.29, 1.82) is 0 Å². The van der Waals surface area contributed by atoms with E-state index in [-0.39, 0.29) is 6.04 Å². The Hall–Kier alpha value is -1.74. The van der Waals surface area contributed by atoms with Crippen molar-refractivity contribution < 1.29 is 9.15 Å². The summed E-state index contributed by atoms with van der Waals surface area (Å²) in [6.45, 7) is 4.98. The Bertz CT molecular complexity index is 505. The van der Waals surface area contributed by atoms with Crippen molar-refractivity contribution in [2.45, 2.75) is 19.9 Å². The van der Waals surface area contributed by atoms with Gasteiger partial charge in [0.2, 0.25) is 0 Å². The fourth-order valence-corrected chi connectivity index (χ4v) is 2.13. The van der Waals surface area contributed by atoms with Crippen molar-refractivity contribution in [1.82, 2.24) is 5.32 Å². The second-order valence-corrected chi connectivity index (χ2v) is 4.20. The zero-order valence-corrected chi connectivity index (χ0v) is 11.1. The van der Waals surface area contributed by atoms with E-state index in [1.54, 1.807) is 13.4 Å². The van der Waals surface area contributed by atoms with Crippen LogP contribution < -0.4 is 10.1 Å². The van der Waals surface area contributed by atoms with E-state index in [1.165, 1.54) is 11.1 Å². The number of hydrogen-bond donors (Lipinski definition) is 1. The molecule has 2 rings (SSSR count). The van der Waals surface area contributed by atoms with Gasteiger partial charge in [-0.2, -0.15) is 0 Å². The number of ether oxygens (including phenoxy) is 1. The molecule has 1 heterocycles. The van der Waals surface area contributed by atoms with E-state index in [0.717, 1.165) is 18.1 Å². The molecule has 0 amide bonds. The lowest BCUT2D eigenvalue weighted by molar-refractivity contribution is 0.413. The van der Waals surface area contributed by atoms with Crippen LogP contribution in [-0.4, -0.2) is 13.7 Å². The standard InChI is InChI=1S/C15H19NO2/c1-4-16-15(14-8-9-18-11(14)2)12-6-5-7-13(10-12)17-3/h5-10,15-16H,4H2,1-3H3. The summed E-state index contributed by atoms with van der Waals surface area (Å²) in [5.74, 6) is 1.82. The molecule has 0 saturated carbocycles. The number of benzene rings is 1.